The zero-order valence-corrected chi connectivity index (χ0v) is 11.5. The summed E-state index contributed by atoms with van der Waals surface area (Å²) in [6, 6.07) is 7.02. The highest BCUT2D eigenvalue weighted by atomic mass is 16.5. The van der Waals surface area contributed by atoms with Gasteiger partial charge in [0.15, 0.2) is 0 Å². The van der Waals surface area contributed by atoms with Crippen molar-refractivity contribution in [3.8, 4) is 5.75 Å². The van der Waals surface area contributed by atoms with Crippen molar-refractivity contribution >= 4 is 11.9 Å². The van der Waals surface area contributed by atoms with Gasteiger partial charge >= 0.3 is 6.03 Å². The Morgan fingerprint density at radius 1 is 1.35 bits per heavy atom. The minimum Gasteiger partial charge on any atom is -0.494 e. The number of hydrogen-bond donors (Lipinski definition) is 2. The van der Waals surface area contributed by atoms with E-state index in [9.17, 15) is 9.59 Å². The summed E-state index contributed by atoms with van der Waals surface area (Å²) < 4.78 is 5.34. The number of nitrogens with zero attached hydrogens (tertiary/aromatic N) is 1. The highest BCUT2D eigenvalue weighted by Crippen LogP contribution is 2.13. The van der Waals surface area contributed by atoms with Gasteiger partial charge in [0.2, 0.25) is 5.91 Å². The van der Waals surface area contributed by atoms with Gasteiger partial charge in [0.1, 0.15) is 5.75 Å². The smallest absolute Gasteiger partial charge is 0.314 e. The van der Waals surface area contributed by atoms with E-state index in [2.05, 4.69) is 5.32 Å². The number of urea groups is 1. The summed E-state index contributed by atoms with van der Waals surface area (Å²) in [6.45, 7) is 3.53. The molecule has 3 amide bonds. The number of hydrogen-bond acceptors (Lipinski definition) is 3. The molecule has 3 N–H and O–H groups in total. The number of ether oxygens (including phenoxy) is 1. The third-order valence-corrected chi connectivity index (χ3v) is 3.16. The van der Waals surface area contributed by atoms with Crippen molar-refractivity contribution in [2.24, 2.45) is 5.73 Å². The molecule has 1 heterocycles. The van der Waals surface area contributed by atoms with Crippen LogP contribution in [0, 0.1) is 0 Å². The Hall–Kier alpha value is -2.24. The monoisotopic (exact) mass is 277 g/mol. The van der Waals surface area contributed by atoms with Crippen LogP contribution in [0.1, 0.15) is 12.5 Å². The van der Waals surface area contributed by atoms with Crippen molar-refractivity contribution in [3.63, 3.8) is 0 Å². The second-order valence-corrected chi connectivity index (χ2v) is 4.76. The lowest BCUT2D eigenvalue weighted by molar-refractivity contribution is -0.122. The predicted octanol–water partition coefficient (Wildman–Crippen LogP) is 0.507. The number of amides is 3. The average Bonchev–Trinajstić information content (AvgIpc) is 2.35. The molecule has 0 aromatic heterocycles. The van der Waals surface area contributed by atoms with Gasteiger partial charge in [0.25, 0.3) is 0 Å². The number of rotatable bonds is 5. The number of benzene rings is 1. The van der Waals surface area contributed by atoms with Crippen molar-refractivity contribution in [3.05, 3.63) is 29.8 Å². The van der Waals surface area contributed by atoms with Crippen LogP contribution >= 0.6 is 0 Å². The van der Waals surface area contributed by atoms with E-state index in [1.165, 1.54) is 4.90 Å². The summed E-state index contributed by atoms with van der Waals surface area (Å²) in [4.78, 5) is 24.1. The fourth-order valence-corrected chi connectivity index (χ4v) is 2.08. The highest BCUT2D eigenvalue weighted by molar-refractivity contribution is 5.79. The van der Waals surface area contributed by atoms with E-state index < -0.39 is 6.03 Å². The van der Waals surface area contributed by atoms with E-state index >= 15 is 0 Å². The molecule has 1 fully saturated rings. The number of nitrogens with one attached hydrogen (secondary N) is 1. The topological polar surface area (TPSA) is 84.7 Å². The van der Waals surface area contributed by atoms with Crippen LogP contribution in [0.2, 0.25) is 0 Å². The summed E-state index contributed by atoms with van der Waals surface area (Å²) in [5, 5.41) is 2.87. The number of likely N-dealkylation sites (tertiary alicyclic amines) is 1. The van der Waals surface area contributed by atoms with Gasteiger partial charge in [0.05, 0.1) is 19.1 Å². The summed E-state index contributed by atoms with van der Waals surface area (Å²) in [5.74, 6) is 0.746. The van der Waals surface area contributed by atoms with E-state index in [1.807, 2.05) is 31.2 Å². The molecule has 2 rings (SSSR count). The first-order valence-electron chi connectivity index (χ1n) is 6.64. The average molecular weight is 277 g/mol. The first-order chi connectivity index (χ1) is 9.58. The van der Waals surface area contributed by atoms with E-state index in [0.29, 0.717) is 26.1 Å². The van der Waals surface area contributed by atoms with Crippen molar-refractivity contribution in [1.82, 2.24) is 10.2 Å². The van der Waals surface area contributed by atoms with Crippen LogP contribution in [0.4, 0.5) is 4.79 Å². The molecule has 0 atom stereocenters. The number of nitrogens with two attached hydrogens (primary N) is 1. The van der Waals surface area contributed by atoms with Crippen LogP contribution in [-0.4, -0.2) is 42.6 Å². The lowest BCUT2D eigenvalue weighted by Crippen LogP contribution is -2.62. The second-order valence-electron chi connectivity index (χ2n) is 4.76. The first-order valence-corrected chi connectivity index (χ1v) is 6.64. The number of carbonyl (C=O) groups is 2. The van der Waals surface area contributed by atoms with Gasteiger partial charge in [-0.05, 0) is 24.6 Å². The van der Waals surface area contributed by atoms with E-state index in [1.54, 1.807) is 0 Å². The molecule has 1 aromatic rings. The minimum absolute atomic E-state index is 0.0118. The maximum atomic E-state index is 11.8. The quantitative estimate of drug-likeness (QED) is 0.822. The molecule has 0 unspecified atom stereocenters. The molecular formula is C14H19N3O3. The molecule has 1 aliphatic heterocycles. The Balaban J connectivity index is 1.76. The lowest BCUT2D eigenvalue weighted by Gasteiger charge is -2.38. The van der Waals surface area contributed by atoms with Gasteiger partial charge < -0.3 is 20.7 Å². The molecule has 108 valence electrons. The molecule has 0 spiro atoms. The molecule has 0 saturated carbocycles. The van der Waals surface area contributed by atoms with Crippen LogP contribution in [0.15, 0.2) is 24.3 Å². The normalized spacial score (nSPS) is 14.6. The third-order valence-electron chi connectivity index (χ3n) is 3.16. The van der Waals surface area contributed by atoms with Gasteiger partial charge in [-0.2, -0.15) is 0 Å². The Bertz CT molecular complexity index is 481. The maximum Gasteiger partial charge on any atom is 0.314 e. The van der Waals surface area contributed by atoms with Crippen molar-refractivity contribution in [2.75, 3.05) is 19.7 Å². The molecule has 0 aliphatic carbocycles. The Morgan fingerprint density at radius 3 is 2.55 bits per heavy atom. The second kappa shape index (κ2) is 6.27. The van der Waals surface area contributed by atoms with E-state index in [4.69, 9.17) is 10.5 Å². The molecule has 1 aliphatic rings. The molecular weight excluding hydrogens is 258 g/mol. The van der Waals surface area contributed by atoms with Gasteiger partial charge in [-0.3, -0.25) is 4.79 Å². The van der Waals surface area contributed by atoms with Crippen molar-refractivity contribution < 1.29 is 14.3 Å². The number of primary amides is 1. The summed E-state index contributed by atoms with van der Waals surface area (Å²) >= 11 is 0. The van der Waals surface area contributed by atoms with Crippen LogP contribution in [0.5, 0.6) is 5.75 Å². The Morgan fingerprint density at radius 2 is 2.00 bits per heavy atom. The summed E-state index contributed by atoms with van der Waals surface area (Å²) in [6.07, 6.45) is 0.319. The molecule has 6 nitrogen and oxygen atoms in total. The zero-order chi connectivity index (χ0) is 14.5. The summed E-state index contributed by atoms with van der Waals surface area (Å²) in [7, 11) is 0. The summed E-state index contributed by atoms with van der Waals surface area (Å²) in [5.41, 5.74) is 6.04. The lowest BCUT2D eigenvalue weighted by atomic mass is 10.1. The van der Waals surface area contributed by atoms with Crippen molar-refractivity contribution in [1.29, 1.82) is 0 Å². The largest absolute Gasteiger partial charge is 0.494 e. The van der Waals surface area contributed by atoms with E-state index in [-0.39, 0.29) is 11.9 Å². The fourth-order valence-electron chi connectivity index (χ4n) is 2.08. The highest BCUT2D eigenvalue weighted by Gasteiger charge is 2.30. The molecule has 0 bridgehead atoms. The van der Waals surface area contributed by atoms with Gasteiger partial charge in [-0.15, -0.1) is 0 Å². The SMILES string of the molecule is CCOc1ccc(CC(=O)NC2CN(C(N)=O)C2)cc1. The standard InChI is InChI=1S/C14H19N3O3/c1-2-20-12-5-3-10(4-6-12)7-13(18)16-11-8-17(9-11)14(15)19/h3-6,11H,2,7-9H2,1H3,(H2,15,19)(H,16,18). The predicted molar refractivity (Wildman–Crippen MR) is 74.4 cm³/mol. The third kappa shape index (κ3) is 3.63. The van der Waals surface area contributed by atoms with Gasteiger partial charge in [0, 0.05) is 13.1 Å². The molecule has 20 heavy (non-hydrogen) atoms. The van der Waals surface area contributed by atoms with Crippen LogP contribution in [0.3, 0.4) is 0 Å². The van der Waals surface area contributed by atoms with Gasteiger partial charge in [-0.25, -0.2) is 4.79 Å². The molecule has 0 radical (unpaired) electrons. The zero-order valence-electron chi connectivity index (χ0n) is 11.5. The number of carbonyl (C=O) groups excluding carboxylic acids is 2. The molecule has 6 heteroatoms. The Kier molecular flexibility index (Phi) is 4.45. The molecule has 1 saturated heterocycles. The Labute approximate surface area is 117 Å². The van der Waals surface area contributed by atoms with Crippen LogP contribution < -0.4 is 15.8 Å². The van der Waals surface area contributed by atoms with Crippen LogP contribution in [-0.2, 0) is 11.2 Å². The van der Waals surface area contributed by atoms with Crippen molar-refractivity contribution in [2.45, 2.75) is 19.4 Å². The molecule has 1 aromatic carbocycles. The van der Waals surface area contributed by atoms with Gasteiger partial charge in [-0.1, -0.05) is 12.1 Å². The fraction of sp³-hybridized carbons (Fsp3) is 0.429. The van der Waals surface area contributed by atoms with E-state index in [0.717, 1.165) is 11.3 Å². The first kappa shape index (κ1) is 14.2. The van der Waals surface area contributed by atoms with Crippen LogP contribution in [0.25, 0.3) is 0 Å². The minimum atomic E-state index is -0.443. The maximum absolute atomic E-state index is 11.8.